The first-order chi connectivity index (χ1) is 15.2. The largest absolute Gasteiger partial charge is 0.508 e. The predicted molar refractivity (Wildman–Crippen MR) is 120 cm³/mol. The van der Waals surface area contributed by atoms with Gasteiger partial charge in [0.1, 0.15) is 11.5 Å². The van der Waals surface area contributed by atoms with Gasteiger partial charge in [-0.2, -0.15) is 5.90 Å². The molecule has 174 valence electrons. The molecule has 1 aliphatic heterocycles. The molecule has 9 heteroatoms. The summed E-state index contributed by atoms with van der Waals surface area (Å²) in [5.41, 5.74) is 5.22. The van der Waals surface area contributed by atoms with Crippen molar-refractivity contribution in [3.63, 3.8) is 0 Å². The highest BCUT2D eigenvalue weighted by Crippen LogP contribution is 2.38. The maximum absolute atomic E-state index is 12.4. The van der Waals surface area contributed by atoms with Gasteiger partial charge in [-0.1, -0.05) is 37.3 Å². The number of phenolic OH excluding ortho intramolecular Hbond substituents is 1. The van der Waals surface area contributed by atoms with Crippen molar-refractivity contribution in [2.24, 2.45) is 11.6 Å². The number of likely N-dealkylation sites (tertiary alicyclic amines) is 1. The van der Waals surface area contributed by atoms with Gasteiger partial charge >= 0.3 is 12.1 Å². The lowest BCUT2D eigenvalue weighted by molar-refractivity contribution is -0.126. The average Bonchev–Trinajstić information content (AvgIpc) is 2.80. The lowest BCUT2D eigenvalue weighted by Crippen LogP contribution is -2.45. The molecule has 6 N–H and O–H groups in total. The number of Topliss-reactive ketones (excluding diaryl/α,β-unsaturated/α-hetero) is 1. The van der Waals surface area contributed by atoms with E-state index in [0.29, 0.717) is 17.8 Å². The standard InChI is InChI=1S/C15H21NO2.C7H6O2.CH4N2O2/c1-3-14(18)15(7-9-16(2)10-8-15)12-5-4-6-13(17)11-12;8-7(9)6-4-2-1-3-5-6;2-1(4)5-3/h4-6,11,17H,3,7-10H2,1-2H3;1-5H,(H,8,9);3H2,(H2,2,4). The Morgan fingerprint density at radius 2 is 1.62 bits per heavy atom. The van der Waals surface area contributed by atoms with Crippen LogP contribution in [0.3, 0.4) is 0 Å². The Bertz CT molecular complexity index is 880. The quantitative estimate of drug-likeness (QED) is 0.523. The minimum Gasteiger partial charge on any atom is -0.508 e. The number of ketones is 1. The van der Waals surface area contributed by atoms with Gasteiger partial charge in [-0.3, -0.25) is 4.79 Å². The molecule has 0 atom stereocenters. The molecular formula is C23H31N3O6. The van der Waals surface area contributed by atoms with Crippen LogP contribution in [0.5, 0.6) is 5.75 Å². The van der Waals surface area contributed by atoms with Crippen LogP contribution >= 0.6 is 0 Å². The van der Waals surface area contributed by atoms with Gasteiger partial charge in [0.15, 0.2) is 0 Å². The number of carboxylic acids is 1. The van der Waals surface area contributed by atoms with Crippen molar-refractivity contribution < 1.29 is 29.4 Å². The molecular weight excluding hydrogens is 414 g/mol. The van der Waals surface area contributed by atoms with Crippen molar-refractivity contribution in [3.05, 3.63) is 65.7 Å². The van der Waals surface area contributed by atoms with E-state index >= 15 is 0 Å². The number of nitrogens with zero attached hydrogens (tertiary/aromatic N) is 1. The van der Waals surface area contributed by atoms with Gasteiger partial charge in [0.05, 0.1) is 11.0 Å². The molecule has 2 aromatic carbocycles. The van der Waals surface area contributed by atoms with Crippen molar-refractivity contribution in [1.82, 2.24) is 4.90 Å². The number of amides is 1. The van der Waals surface area contributed by atoms with E-state index in [4.69, 9.17) is 5.11 Å². The zero-order valence-corrected chi connectivity index (χ0v) is 18.4. The number of phenols is 1. The van der Waals surface area contributed by atoms with E-state index in [1.165, 1.54) is 0 Å². The molecule has 2 aromatic rings. The molecule has 0 saturated carbocycles. The van der Waals surface area contributed by atoms with Crippen molar-refractivity contribution in [2.75, 3.05) is 20.1 Å². The molecule has 0 aromatic heterocycles. The molecule has 0 radical (unpaired) electrons. The van der Waals surface area contributed by atoms with E-state index in [1.54, 1.807) is 42.5 Å². The summed E-state index contributed by atoms with van der Waals surface area (Å²) < 4.78 is 0. The molecule has 1 amide bonds. The summed E-state index contributed by atoms with van der Waals surface area (Å²) in [6.07, 6.45) is 1.28. The van der Waals surface area contributed by atoms with Crippen LogP contribution in [0.2, 0.25) is 0 Å². The number of carbonyl (C=O) groups excluding carboxylic acids is 2. The van der Waals surface area contributed by atoms with E-state index in [9.17, 15) is 19.5 Å². The summed E-state index contributed by atoms with van der Waals surface area (Å²) in [5.74, 6) is 3.86. The number of carboxylic acid groups (broad SMARTS) is 1. The Hall–Kier alpha value is -3.43. The lowest BCUT2D eigenvalue weighted by Gasteiger charge is -2.40. The highest BCUT2D eigenvalue weighted by molar-refractivity contribution is 5.90. The molecule has 3 rings (SSSR count). The predicted octanol–water partition coefficient (Wildman–Crippen LogP) is 2.67. The lowest BCUT2D eigenvalue weighted by atomic mass is 9.69. The van der Waals surface area contributed by atoms with Gasteiger partial charge < -0.3 is 25.7 Å². The number of piperidine rings is 1. The first-order valence-corrected chi connectivity index (χ1v) is 10.1. The van der Waals surface area contributed by atoms with Gasteiger partial charge in [0, 0.05) is 6.42 Å². The van der Waals surface area contributed by atoms with Crippen LogP contribution in [0.1, 0.15) is 42.1 Å². The Kier molecular flexibility index (Phi) is 10.9. The number of nitrogens with two attached hydrogens (primary N) is 2. The van der Waals surface area contributed by atoms with Crippen LogP contribution in [0.25, 0.3) is 0 Å². The molecule has 1 heterocycles. The van der Waals surface area contributed by atoms with Gasteiger partial charge in [-0.15, -0.1) is 0 Å². The van der Waals surface area contributed by atoms with Crippen molar-refractivity contribution in [3.8, 4) is 5.75 Å². The SMILES string of the molecule is CCC(=O)C1(c2cccc(O)c2)CCN(C)CC1.NOC(N)=O.O=C(O)c1ccccc1. The zero-order chi connectivity index (χ0) is 24.1. The van der Waals surface area contributed by atoms with E-state index < -0.39 is 12.1 Å². The van der Waals surface area contributed by atoms with Crippen LogP contribution in [-0.2, 0) is 15.0 Å². The topological polar surface area (TPSA) is 156 Å². The number of carbonyl (C=O) groups is 3. The van der Waals surface area contributed by atoms with Crippen LogP contribution in [0.15, 0.2) is 54.6 Å². The molecule has 1 fully saturated rings. The molecule has 0 aliphatic carbocycles. The normalized spacial score (nSPS) is 14.6. The molecule has 1 saturated heterocycles. The summed E-state index contributed by atoms with van der Waals surface area (Å²) in [4.78, 5) is 37.5. The Balaban J connectivity index is 0.000000303. The van der Waals surface area contributed by atoms with E-state index in [2.05, 4.69) is 28.4 Å². The minimum atomic E-state index is -0.968. The molecule has 32 heavy (non-hydrogen) atoms. The first-order valence-electron chi connectivity index (χ1n) is 10.1. The summed E-state index contributed by atoms with van der Waals surface area (Å²) in [7, 11) is 2.09. The average molecular weight is 446 g/mol. The van der Waals surface area contributed by atoms with Gasteiger partial charge in [-0.05, 0) is 62.8 Å². The number of rotatable bonds is 4. The number of aromatic hydroxyl groups is 1. The second-order valence-electron chi connectivity index (χ2n) is 7.32. The van der Waals surface area contributed by atoms with Crippen LogP contribution < -0.4 is 11.6 Å². The number of primary amides is 1. The van der Waals surface area contributed by atoms with Gasteiger partial charge in [0.2, 0.25) is 0 Å². The second-order valence-corrected chi connectivity index (χ2v) is 7.32. The van der Waals surface area contributed by atoms with E-state index in [-0.39, 0.29) is 11.2 Å². The van der Waals surface area contributed by atoms with Crippen LogP contribution in [0, 0.1) is 0 Å². The zero-order valence-electron chi connectivity index (χ0n) is 18.4. The third-order valence-corrected chi connectivity index (χ3v) is 5.23. The Labute approximate surface area is 187 Å². The number of hydrogen-bond acceptors (Lipinski definition) is 7. The Morgan fingerprint density at radius 3 is 2.03 bits per heavy atom. The molecule has 0 spiro atoms. The fraction of sp³-hybridized carbons (Fsp3) is 0.348. The maximum Gasteiger partial charge on any atom is 0.423 e. The minimum absolute atomic E-state index is 0.245. The van der Waals surface area contributed by atoms with Crippen molar-refractivity contribution in [1.29, 1.82) is 0 Å². The summed E-state index contributed by atoms with van der Waals surface area (Å²) in [6, 6.07) is 15.5. The van der Waals surface area contributed by atoms with Crippen molar-refractivity contribution >= 4 is 17.8 Å². The van der Waals surface area contributed by atoms with E-state index in [1.807, 2.05) is 19.1 Å². The summed E-state index contributed by atoms with van der Waals surface area (Å²) in [6.45, 7) is 3.79. The monoisotopic (exact) mass is 445 g/mol. The Morgan fingerprint density at radius 1 is 1.06 bits per heavy atom. The first kappa shape index (κ1) is 26.6. The third-order valence-electron chi connectivity index (χ3n) is 5.23. The van der Waals surface area contributed by atoms with Gasteiger partial charge in [-0.25, -0.2) is 9.59 Å². The molecule has 9 nitrogen and oxygen atoms in total. The number of hydrogen-bond donors (Lipinski definition) is 4. The fourth-order valence-corrected chi connectivity index (χ4v) is 3.45. The fourth-order valence-electron chi connectivity index (χ4n) is 3.45. The molecule has 0 unspecified atom stereocenters. The van der Waals surface area contributed by atoms with Crippen LogP contribution in [0.4, 0.5) is 4.79 Å². The maximum atomic E-state index is 12.4. The number of aromatic carboxylic acids is 1. The second kappa shape index (κ2) is 13.1. The van der Waals surface area contributed by atoms with Crippen LogP contribution in [-0.4, -0.2) is 53.1 Å². The molecule has 0 bridgehead atoms. The van der Waals surface area contributed by atoms with Gasteiger partial charge in [0.25, 0.3) is 0 Å². The van der Waals surface area contributed by atoms with E-state index in [0.717, 1.165) is 31.5 Å². The number of benzene rings is 2. The smallest absolute Gasteiger partial charge is 0.423 e. The van der Waals surface area contributed by atoms with Crippen molar-refractivity contribution in [2.45, 2.75) is 31.6 Å². The molecule has 1 aliphatic rings. The summed E-state index contributed by atoms with van der Waals surface area (Å²) >= 11 is 0. The summed E-state index contributed by atoms with van der Waals surface area (Å²) in [5, 5.41) is 18.0. The highest BCUT2D eigenvalue weighted by atomic mass is 16.7. The third kappa shape index (κ3) is 8.01. The highest BCUT2D eigenvalue weighted by Gasteiger charge is 2.40.